The van der Waals surface area contributed by atoms with E-state index in [1.54, 1.807) is 0 Å². The maximum absolute atomic E-state index is 13.7. The Balaban J connectivity index is 6.25. The Hall–Kier alpha value is -5.98. The van der Waals surface area contributed by atoms with Gasteiger partial charge in [0.25, 0.3) is 0 Å². The van der Waals surface area contributed by atoms with Crippen LogP contribution >= 0.6 is 25.3 Å². The van der Waals surface area contributed by atoms with Crippen molar-refractivity contribution in [2.24, 2.45) is 33.7 Å². The zero-order valence-corrected chi connectivity index (χ0v) is 37.9. The normalized spacial score (nSPS) is 14.9. The van der Waals surface area contributed by atoms with E-state index < -0.39 is 145 Å². The molecule has 0 aromatic heterocycles. The number of aliphatic imine (C=N–C) groups is 1. The summed E-state index contributed by atoms with van der Waals surface area (Å²) < 4.78 is 0. The first-order valence-corrected chi connectivity index (χ1v) is 21.6. The van der Waals surface area contributed by atoms with E-state index in [1.807, 2.05) is 5.32 Å². The van der Waals surface area contributed by atoms with E-state index in [0.717, 1.165) is 6.92 Å². The van der Waals surface area contributed by atoms with Crippen LogP contribution in [0.1, 0.15) is 71.1 Å². The van der Waals surface area contributed by atoms with Crippen LogP contribution in [-0.2, 0) is 52.7 Å². The second-order valence-corrected chi connectivity index (χ2v) is 15.4. The van der Waals surface area contributed by atoms with Crippen molar-refractivity contribution >= 4 is 96.4 Å². The molecule has 0 fully saturated rings. The van der Waals surface area contributed by atoms with Crippen molar-refractivity contribution in [2.75, 3.05) is 24.6 Å². The number of primary amides is 1. The van der Waals surface area contributed by atoms with Gasteiger partial charge in [-0.2, -0.15) is 25.3 Å². The molecule has 0 rings (SSSR count). The van der Waals surface area contributed by atoms with E-state index >= 15 is 0 Å². The van der Waals surface area contributed by atoms with Gasteiger partial charge in [0, 0.05) is 30.9 Å². The van der Waals surface area contributed by atoms with Gasteiger partial charge in [0.1, 0.15) is 42.3 Å². The number of amides is 8. The number of nitrogens with zero attached hydrogens (tertiary/aromatic N) is 1. The highest BCUT2D eigenvalue weighted by Crippen LogP contribution is 2.08. The number of unbranched alkanes of at least 4 members (excludes halogenated alkanes) is 1. The summed E-state index contributed by atoms with van der Waals surface area (Å²) in [5.41, 5.74) is 27.4. The van der Waals surface area contributed by atoms with Gasteiger partial charge in [-0.3, -0.25) is 52.9 Å². The lowest BCUT2D eigenvalue weighted by atomic mass is 10.0. The molecule has 0 aliphatic heterocycles. The predicted octanol–water partition coefficient (Wildman–Crippen LogP) is -7.18. The number of rotatable bonds is 34. The van der Waals surface area contributed by atoms with Gasteiger partial charge in [0.05, 0.1) is 18.6 Å². The van der Waals surface area contributed by atoms with Crippen molar-refractivity contribution in [1.82, 2.24) is 37.2 Å². The molecule has 66 heavy (non-hydrogen) atoms. The SMILES string of the molecule is C[C@@H](O)[C@H](NC(=O)[C@H](CS)NC(=O)[C@H](CS)NC(=O)[C@H](CCCN=C(N)N)NC(=O)[C@H](CCCCN)NC(=O)[C@@H](N)CCC(N)=O)C(=O)N[C@@H](CCC(=O)O)C(=O)N[C@@H](CC(=O)O)C(=O)O. The molecular weight excluding hydrogens is 919 g/mol. The molecule has 0 aromatic rings. The molecule has 0 aliphatic rings. The van der Waals surface area contributed by atoms with E-state index in [-0.39, 0.29) is 56.9 Å². The number of aliphatic hydroxyl groups excluding tert-OH is 1. The van der Waals surface area contributed by atoms with Crippen molar-refractivity contribution in [3.05, 3.63) is 0 Å². The Bertz CT molecular complexity index is 1740. The standard InChI is InChI=1S/C36H63N13O15S2/c1-16(50)27(34(62)45-20(8-10-25(52)53)31(59)46-21(35(63)64)13-26(54)55)49-33(61)23(15-66)48-32(60)22(14-65)47-30(58)19(6-4-12-42-36(40)41)44-29(57)18(5-2-3-11-37)43-28(56)17(38)7-9-24(39)51/h16-23,27,50,65-66H,2-15,37-38H2,1H3,(H2,39,51)(H,43,56)(H,44,57)(H,45,62)(H,46,59)(H,47,58)(H,48,60)(H,49,61)(H,52,53)(H,54,55)(H,63,64)(H4,40,41,42)/t16-,17+,18+,19+,20+,21+,22+,23+,27+/m1/s1. The van der Waals surface area contributed by atoms with Gasteiger partial charge in [0.2, 0.25) is 47.3 Å². The van der Waals surface area contributed by atoms with Crippen molar-refractivity contribution in [3.63, 3.8) is 0 Å². The number of carbonyl (C=O) groups excluding carboxylic acids is 8. The molecule has 0 saturated heterocycles. The van der Waals surface area contributed by atoms with Gasteiger partial charge >= 0.3 is 17.9 Å². The summed E-state index contributed by atoms with van der Waals surface area (Å²) in [6.07, 6.45) is -3.58. The van der Waals surface area contributed by atoms with Crippen LogP contribution in [-0.4, -0.2) is 171 Å². The number of nitrogens with two attached hydrogens (primary N) is 5. The fourth-order valence-electron chi connectivity index (χ4n) is 5.55. The fraction of sp³-hybridized carbons (Fsp3) is 0.667. The van der Waals surface area contributed by atoms with Crippen LogP contribution in [0.15, 0.2) is 4.99 Å². The molecule has 0 aliphatic carbocycles. The van der Waals surface area contributed by atoms with E-state index in [0.29, 0.717) is 12.8 Å². The second-order valence-electron chi connectivity index (χ2n) is 14.7. The zero-order valence-electron chi connectivity index (χ0n) is 36.1. The molecule has 374 valence electrons. The minimum atomic E-state index is -1.98. The molecule has 9 atom stereocenters. The zero-order chi connectivity index (χ0) is 50.7. The quantitative estimate of drug-likeness (QED) is 0.0123. The van der Waals surface area contributed by atoms with E-state index in [9.17, 15) is 63.0 Å². The molecule has 0 saturated carbocycles. The first-order chi connectivity index (χ1) is 30.9. The third-order valence-corrected chi connectivity index (χ3v) is 9.89. The predicted molar refractivity (Wildman–Crippen MR) is 239 cm³/mol. The highest BCUT2D eigenvalue weighted by Gasteiger charge is 2.35. The maximum Gasteiger partial charge on any atom is 0.326 e. The number of hydrogen-bond acceptors (Lipinski definition) is 17. The highest BCUT2D eigenvalue weighted by atomic mass is 32.1. The number of nitrogens with one attached hydrogen (secondary N) is 7. The van der Waals surface area contributed by atoms with Crippen LogP contribution in [0.5, 0.6) is 0 Å². The van der Waals surface area contributed by atoms with Crippen LogP contribution in [0.4, 0.5) is 0 Å². The van der Waals surface area contributed by atoms with E-state index in [1.165, 1.54) is 0 Å². The Morgan fingerprint density at radius 1 is 0.545 bits per heavy atom. The largest absolute Gasteiger partial charge is 0.481 e. The lowest BCUT2D eigenvalue weighted by Gasteiger charge is -2.28. The van der Waals surface area contributed by atoms with Crippen LogP contribution in [0.3, 0.4) is 0 Å². The monoisotopic (exact) mass is 981 g/mol. The number of carbonyl (C=O) groups is 11. The summed E-state index contributed by atoms with van der Waals surface area (Å²) in [5, 5.41) is 53.8. The summed E-state index contributed by atoms with van der Waals surface area (Å²) in [5.74, 6) is -13.8. The van der Waals surface area contributed by atoms with E-state index in [2.05, 4.69) is 62.2 Å². The lowest BCUT2D eigenvalue weighted by Crippen LogP contribution is -2.62. The van der Waals surface area contributed by atoms with Gasteiger partial charge in [0.15, 0.2) is 5.96 Å². The molecule has 28 nitrogen and oxygen atoms in total. The first kappa shape index (κ1) is 60.0. The van der Waals surface area contributed by atoms with Gasteiger partial charge in [-0.1, -0.05) is 0 Å². The number of thiol groups is 2. The summed E-state index contributed by atoms with van der Waals surface area (Å²) in [6, 6.07) is -12.6. The highest BCUT2D eigenvalue weighted by molar-refractivity contribution is 7.80. The van der Waals surface area contributed by atoms with Crippen molar-refractivity contribution < 1.29 is 73.2 Å². The first-order valence-electron chi connectivity index (χ1n) is 20.4. The average molecular weight is 982 g/mol. The Labute approximate surface area is 389 Å². The molecule has 0 unspecified atom stereocenters. The molecule has 0 radical (unpaired) electrons. The topological polar surface area (TPSA) is 495 Å². The minimum Gasteiger partial charge on any atom is -0.481 e. The lowest BCUT2D eigenvalue weighted by molar-refractivity contribution is -0.147. The Morgan fingerprint density at radius 3 is 1.42 bits per heavy atom. The van der Waals surface area contributed by atoms with Gasteiger partial charge in [-0.25, -0.2) is 4.79 Å². The smallest absolute Gasteiger partial charge is 0.326 e. The maximum atomic E-state index is 13.7. The molecule has 0 bridgehead atoms. The van der Waals surface area contributed by atoms with Crippen LogP contribution in [0.25, 0.3) is 0 Å². The minimum absolute atomic E-state index is 0.0161. The molecule has 30 heteroatoms. The van der Waals surface area contributed by atoms with Gasteiger partial charge < -0.3 is 86.3 Å². The number of guanidine groups is 1. The van der Waals surface area contributed by atoms with Crippen LogP contribution in [0.2, 0.25) is 0 Å². The number of aliphatic hydroxyl groups is 1. The molecular formula is C36H63N13O15S2. The number of carboxylic acids is 3. The summed E-state index contributed by atoms with van der Waals surface area (Å²) >= 11 is 8.22. The number of aliphatic carboxylic acids is 3. The number of carboxylic acid groups (broad SMARTS) is 3. The second kappa shape index (κ2) is 31.8. The van der Waals surface area contributed by atoms with Crippen molar-refractivity contribution in [3.8, 4) is 0 Å². The number of hydrogen-bond donors (Lipinski definition) is 18. The molecule has 8 amide bonds. The van der Waals surface area contributed by atoms with Gasteiger partial charge in [-0.15, -0.1) is 0 Å². The van der Waals surface area contributed by atoms with Crippen LogP contribution in [0, 0.1) is 0 Å². The summed E-state index contributed by atoms with van der Waals surface area (Å²) in [7, 11) is 0. The van der Waals surface area contributed by atoms with Gasteiger partial charge in [-0.05, 0) is 58.4 Å². The Morgan fingerprint density at radius 2 is 0.985 bits per heavy atom. The summed E-state index contributed by atoms with van der Waals surface area (Å²) in [6.45, 7) is 1.33. The van der Waals surface area contributed by atoms with Crippen molar-refractivity contribution in [1.29, 1.82) is 0 Å². The fourth-order valence-corrected chi connectivity index (χ4v) is 6.07. The third kappa shape index (κ3) is 24.3. The molecule has 0 spiro atoms. The third-order valence-electron chi connectivity index (χ3n) is 9.16. The Kier molecular flexibility index (Phi) is 28.9. The molecule has 0 heterocycles. The van der Waals surface area contributed by atoms with Crippen molar-refractivity contribution in [2.45, 2.75) is 126 Å². The average Bonchev–Trinajstić information content (AvgIpc) is 3.23. The molecule has 21 N–H and O–H groups in total. The summed E-state index contributed by atoms with van der Waals surface area (Å²) in [4.78, 5) is 142. The van der Waals surface area contributed by atoms with Crippen LogP contribution < -0.4 is 65.9 Å². The van der Waals surface area contributed by atoms with E-state index in [4.69, 9.17) is 38.9 Å². The molecule has 0 aromatic carbocycles.